The summed E-state index contributed by atoms with van der Waals surface area (Å²) in [5, 5.41) is 0.575. The highest BCUT2D eigenvalue weighted by Gasteiger charge is 2.16. The molecule has 0 radical (unpaired) electrons. The van der Waals surface area contributed by atoms with Crippen LogP contribution in [0.25, 0.3) is 0 Å². The molecule has 0 atom stereocenters. The first kappa shape index (κ1) is 11.5. The molecule has 88 valence electrons. The van der Waals surface area contributed by atoms with Crippen LogP contribution in [0.5, 0.6) is 11.5 Å². The molecule has 0 aliphatic carbocycles. The molecule has 1 N–H and O–H groups in total. The number of halogens is 1. The molecular formula is C11H14ClNO3. The van der Waals surface area contributed by atoms with E-state index in [-0.39, 0.29) is 0 Å². The predicted molar refractivity (Wildman–Crippen MR) is 60.9 cm³/mol. The highest BCUT2D eigenvalue weighted by Crippen LogP contribution is 2.38. The Labute approximate surface area is 99.4 Å². The van der Waals surface area contributed by atoms with Crippen LogP contribution in [0.3, 0.4) is 0 Å². The summed E-state index contributed by atoms with van der Waals surface area (Å²) in [4.78, 5) is 5.06. The third kappa shape index (κ3) is 2.58. The number of ether oxygens (including phenoxy) is 2. The quantitative estimate of drug-likeness (QED) is 0.650. The fraction of sp³-hybridized carbons (Fsp3) is 0.455. The summed E-state index contributed by atoms with van der Waals surface area (Å²) in [5.74, 6) is 1.33. The molecule has 1 aromatic rings. The van der Waals surface area contributed by atoms with Crippen LogP contribution in [0.1, 0.15) is 12.5 Å². The summed E-state index contributed by atoms with van der Waals surface area (Å²) >= 11 is 6.09. The second-order valence-corrected chi connectivity index (χ2v) is 3.76. The zero-order chi connectivity index (χ0) is 11.4. The molecule has 0 unspecified atom stereocenters. The third-order valence-corrected chi connectivity index (χ3v) is 2.46. The van der Waals surface area contributed by atoms with Gasteiger partial charge in [0.2, 0.25) is 0 Å². The van der Waals surface area contributed by atoms with Crippen molar-refractivity contribution in [3.05, 3.63) is 22.7 Å². The Balaban J connectivity index is 2.12. The molecule has 0 bridgehead atoms. The lowest BCUT2D eigenvalue weighted by Gasteiger charge is -2.20. The number of rotatable bonds is 4. The van der Waals surface area contributed by atoms with Gasteiger partial charge in [0.1, 0.15) is 13.2 Å². The molecule has 4 nitrogen and oxygen atoms in total. The molecule has 0 amide bonds. The van der Waals surface area contributed by atoms with E-state index in [4.69, 9.17) is 25.9 Å². The summed E-state index contributed by atoms with van der Waals surface area (Å²) in [6.45, 7) is 4.24. The van der Waals surface area contributed by atoms with Crippen molar-refractivity contribution in [3.63, 3.8) is 0 Å². The molecule has 1 heterocycles. The van der Waals surface area contributed by atoms with Crippen LogP contribution in [0.2, 0.25) is 5.02 Å². The van der Waals surface area contributed by atoms with Crippen LogP contribution >= 0.6 is 11.6 Å². The highest BCUT2D eigenvalue weighted by atomic mass is 35.5. The first-order valence-electron chi connectivity index (χ1n) is 5.24. The SMILES string of the molecule is CCONCc1cc(Cl)c2c(c1)OCCO2. The van der Waals surface area contributed by atoms with Gasteiger partial charge in [0.25, 0.3) is 0 Å². The number of hydrogen-bond acceptors (Lipinski definition) is 4. The standard InChI is InChI=1S/C11H14ClNO3/c1-2-16-13-7-8-5-9(12)11-10(6-8)14-3-4-15-11/h5-6,13H,2-4,7H2,1H3. The van der Waals surface area contributed by atoms with E-state index in [2.05, 4.69) is 5.48 Å². The molecule has 1 aliphatic rings. The molecule has 0 fully saturated rings. The zero-order valence-corrected chi connectivity index (χ0v) is 9.84. The van der Waals surface area contributed by atoms with E-state index in [0.717, 1.165) is 5.56 Å². The molecule has 2 rings (SSSR count). The molecule has 0 saturated heterocycles. The van der Waals surface area contributed by atoms with Gasteiger partial charge >= 0.3 is 0 Å². The topological polar surface area (TPSA) is 39.7 Å². The van der Waals surface area contributed by atoms with Crippen LogP contribution in [0.15, 0.2) is 12.1 Å². The first-order valence-corrected chi connectivity index (χ1v) is 5.61. The van der Waals surface area contributed by atoms with Gasteiger partial charge in [-0.25, -0.2) is 0 Å². The monoisotopic (exact) mass is 243 g/mol. The maximum Gasteiger partial charge on any atom is 0.179 e. The van der Waals surface area contributed by atoms with Gasteiger partial charge in [0, 0.05) is 6.54 Å². The Kier molecular flexibility index (Phi) is 3.88. The Morgan fingerprint density at radius 1 is 1.38 bits per heavy atom. The van der Waals surface area contributed by atoms with E-state index < -0.39 is 0 Å². The molecule has 0 saturated carbocycles. The zero-order valence-electron chi connectivity index (χ0n) is 9.09. The van der Waals surface area contributed by atoms with Crippen molar-refractivity contribution >= 4 is 11.6 Å². The van der Waals surface area contributed by atoms with Crippen molar-refractivity contribution in [2.24, 2.45) is 0 Å². The number of nitrogens with one attached hydrogen (secondary N) is 1. The van der Waals surface area contributed by atoms with Crippen LogP contribution in [0, 0.1) is 0 Å². The summed E-state index contributed by atoms with van der Waals surface area (Å²) in [5.41, 5.74) is 3.83. The van der Waals surface area contributed by atoms with Crippen LogP contribution in [0.4, 0.5) is 0 Å². The van der Waals surface area contributed by atoms with Crippen molar-refractivity contribution in [1.29, 1.82) is 0 Å². The molecule has 1 aliphatic heterocycles. The fourth-order valence-corrected chi connectivity index (χ4v) is 1.79. The lowest BCUT2D eigenvalue weighted by Crippen LogP contribution is -2.17. The van der Waals surface area contributed by atoms with Gasteiger partial charge in [0.05, 0.1) is 11.6 Å². The molecule has 0 spiro atoms. The van der Waals surface area contributed by atoms with E-state index >= 15 is 0 Å². The Hall–Kier alpha value is -0.970. The van der Waals surface area contributed by atoms with Crippen molar-refractivity contribution in [2.75, 3.05) is 19.8 Å². The lowest BCUT2D eigenvalue weighted by molar-refractivity contribution is 0.0462. The van der Waals surface area contributed by atoms with E-state index in [0.29, 0.717) is 42.9 Å². The second kappa shape index (κ2) is 5.39. The maximum atomic E-state index is 6.09. The second-order valence-electron chi connectivity index (χ2n) is 3.36. The minimum Gasteiger partial charge on any atom is -0.486 e. The Morgan fingerprint density at radius 3 is 3.00 bits per heavy atom. The van der Waals surface area contributed by atoms with E-state index in [1.807, 2.05) is 19.1 Å². The average molecular weight is 244 g/mol. The van der Waals surface area contributed by atoms with Crippen LogP contribution in [-0.4, -0.2) is 19.8 Å². The van der Waals surface area contributed by atoms with E-state index in [1.54, 1.807) is 0 Å². The summed E-state index contributed by atoms with van der Waals surface area (Å²) in [6.07, 6.45) is 0. The minimum atomic E-state index is 0.545. The summed E-state index contributed by atoms with van der Waals surface area (Å²) in [7, 11) is 0. The Morgan fingerprint density at radius 2 is 2.19 bits per heavy atom. The number of benzene rings is 1. The summed E-state index contributed by atoms with van der Waals surface area (Å²) in [6, 6.07) is 3.76. The fourth-order valence-electron chi connectivity index (χ4n) is 1.50. The van der Waals surface area contributed by atoms with Gasteiger partial charge in [0.15, 0.2) is 11.5 Å². The Bertz CT molecular complexity index is 370. The first-order chi connectivity index (χ1) is 7.81. The smallest absolute Gasteiger partial charge is 0.179 e. The molecule has 5 heteroatoms. The molecule has 1 aromatic carbocycles. The molecule has 16 heavy (non-hydrogen) atoms. The van der Waals surface area contributed by atoms with Gasteiger partial charge in [-0.3, -0.25) is 0 Å². The van der Waals surface area contributed by atoms with Crippen LogP contribution in [-0.2, 0) is 11.4 Å². The number of fused-ring (bicyclic) bond motifs is 1. The molecular weight excluding hydrogens is 230 g/mol. The van der Waals surface area contributed by atoms with Crippen LogP contribution < -0.4 is 15.0 Å². The third-order valence-electron chi connectivity index (χ3n) is 2.18. The van der Waals surface area contributed by atoms with E-state index in [9.17, 15) is 0 Å². The van der Waals surface area contributed by atoms with Crippen molar-refractivity contribution < 1.29 is 14.3 Å². The highest BCUT2D eigenvalue weighted by molar-refractivity contribution is 6.32. The normalized spacial score (nSPS) is 13.9. The average Bonchev–Trinajstić information content (AvgIpc) is 2.30. The predicted octanol–water partition coefficient (Wildman–Crippen LogP) is 2.15. The van der Waals surface area contributed by atoms with Gasteiger partial charge in [-0.05, 0) is 24.6 Å². The maximum absolute atomic E-state index is 6.09. The van der Waals surface area contributed by atoms with Crippen molar-refractivity contribution in [3.8, 4) is 11.5 Å². The molecule has 0 aromatic heterocycles. The van der Waals surface area contributed by atoms with Crippen molar-refractivity contribution in [1.82, 2.24) is 5.48 Å². The largest absolute Gasteiger partial charge is 0.486 e. The van der Waals surface area contributed by atoms with Crippen molar-refractivity contribution in [2.45, 2.75) is 13.5 Å². The van der Waals surface area contributed by atoms with E-state index in [1.165, 1.54) is 0 Å². The van der Waals surface area contributed by atoms with Gasteiger partial charge in [-0.1, -0.05) is 11.6 Å². The number of hydrogen-bond donors (Lipinski definition) is 1. The summed E-state index contributed by atoms with van der Waals surface area (Å²) < 4.78 is 10.9. The van der Waals surface area contributed by atoms with Gasteiger partial charge in [-0.15, -0.1) is 0 Å². The lowest BCUT2D eigenvalue weighted by atomic mass is 10.2. The minimum absolute atomic E-state index is 0.545. The van der Waals surface area contributed by atoms with Gasteiger partial charge in [-0.2, -0.15) is 5.48 Å². The number of hydroxylamine groups is 1. The van der Waals surface area contributed by atoms with Gasteiger partial charge < -0.3 is 14.3 Å².